The maximum atomic E-state index is 12.7. The fraction of sp³-hybridized carbons (Fsp3) is 0.600. The van der Waals surface area contributed by atoms with Crippen LogP contribution in [0.15, 0.2) is 31.1 Å². The van der Waals surface area contributed by atoms with Gasteiger partial charge in [-0.1, -0.05) is 6.92 Å². The van der Waals surface area contributed by atoms with E-state index in [1.54, 1.807) is 23.5 Å². The molecule has 0 N–H and O–H groups in total. The van der Waals surface area contributed by atoms with Crippen molar-refractivity contribution in [1.82, 2.24) is 34.3 Å². The van der Waals surface area contributed by atoms with Crippen LogP contribution >= 0.6 is 0 Å². The van der Waals surface area contributed by atoms with Crippen LogP contribution in [-0.2, 0) is 11.3 Å². The molecule has 8 heteroatoms. The van der Waals surface area contributed by atoms with Crippen molar-refractivity contribution in [3.8, 4) is 0 Å². The highest BCUT2D eigenvalue weighted by molar-refractivity contribution is 5.80. The van der Waals surface area contributed by atoms with Crippen LogP contribution in [0, 0.1) is 0 Å². The van der Waals surface area contributed by atoms with Crippen molar-refractivity contribution in [3.05, 3.63) is 31.1 Å². The Morgan fingerprint density at radius 1 is 1.17 bits per heavy atom. The molecule has 2 aromatic heterocycles. The molecule has 8 nitrogen and oxygen atoms in total. The summed E-state index contributed by atoms with van der Waals surface area (Å²) >= 11 is 0. The molecular formula is C15H23N7O. The summed E-state index contributed by atoms with van der Waals surface area (Å²) in [5.41, 5.74) is 0. The van der Waals surface area contributed by atoms with Gasteiger partial charge in [-0.25, -0.2) is 4.98 Å². The summed E-state index contributed by atoms with van der Waals surface area (Å²) < 4.78 is 3.60. The number of rotatable bonds is 6. The average molecular weight is 317 g/mol. The summed E-state index contributed by atoms with van der Waals surface area (Å²) in [5.74, 6) is 0.173. The molecule has 0 aromatic carbocycles. The Kier molecular flexibility index (Phi) is 5.02. The molecule has 0 aliphatic carbocycles. The van der Waals surface area contributed by atoms with Gasteiger partial charge in [-0.2, -0.15) is 10.2 Å². The van der Waals surface area contributed by atoms with Crippen molar-refractivity contribution in [1.29, 1.82) is 0 Å². The Bertz CT molecular complexity index is 587. The van der Waals surface area contributed by atoms with Gasteiger partial charge in [0.1, 0.15) is 18.7 Å². The van der Waals surface area contributed by atoms with E-state index in [0.717, 1.165) is 45.7 Å². The topological polar surface area (TPSA) is 72.1 Å². The van der Waals surface area contributed by atoms with Crippen molar-refractivity contribution in [2.45, 2.75) is 25.9 Å². The summed E-state index contributed by atoms with van der Waals surface area (Å²) in [6, 6.07) is 1.67. The van der Waals surface area contributed by atoms with Crippen molar-refractivity contribution < 1.29 is 4.79 Å². The van der Waals surface area contributed by atoms with E-state index in [1.165, 1.54) is 0 Å². The molecule has 1 aliphatic heterocycles. The molecular weight excluding hydrogens is 294 g/mol. The van der Waals surface area contributed by atoms with Gasteiger partial charge < -0.3 is 4.90 Å². The predicted molar refractivity (Wildman–Crippen MR) is 84.6 cm³/mol. The summed E-state index contributed by atoms with van der Waals surface area (Å²) in [4.78, 5) is 21.0. The van der Waals surface area contributed by atoms with Crippen molar-refractivity contribution in [3.63, 3.8) is 0 Å². The van der Waals surface area contributed by atoms with Crippen molar-refractivity contribution in [2.24, 2.45) is 0 Å². The standard InChI is InChI=1S/C15H23N7O/c1-2-14(22-5-3-4-17-22)15(23)20-9-6-19(7-10-20)8-11-21-13-16-12-18-21/h3-5,12-14H,2,6-11H2,1H3/t14-/m1/s1. The third kappa shape index (κ3) is 3.76. The monoisotopic (exact) mass is 317 g/mol. The Balaban J connectivity index is 1.49. The zero-order valence-electron chi connectivity index (χ0n) is 13.5. The van der Waals surface area contributed by atoms with Crippen LogP contribution < -0.4 is 0 Å². The molecule has 0 radical (unpaired) electrons. The fourth-order valence-electron chi connectivity index (χ4n) is 2.93. The minimum Gasteiger partial charge on any atom is -0.338 e. The van der Waals surface area contributed by atoms with Crippen LogP contribution in [0.5, 0.6) is 0 Å². The van der Waals surface area contributed by atoms with Gasteiger partial charge in [0.25, 0.3) is 0 Å². The van der Waals surface area contributed by atoms with Crippen molar-refractivity contribution in [2.75, 3.05) is 32.7 Å². The van der Waals surface area contributed by atoms with Gasteiger partial charge in [0.15, 0.2) is 0 Å². The lowest BCUT2D eigenvalue weighted by atomic mass is 10.2. The highest BCUT2D eigenvalue weighted by atomic mass is 16.2. The molecule has 0 spiro atoms. The zero-order valence-corrected chi connectivity index (χ0v) is 13.5. The first-order valence-corrected chi connectivity index (χ1v) is 8.10. The molecule has 1 saturated heterocycles. The Labute approximate surface area is 135 Å². The molecule has 3 heterocycles. The smallest absolute Gasteiger partial charge is 0.247 e. The van der Waals surface area contributed by atoms with E-state index < -0.39 is 0 Å². The number of carbonyl (C=O) groups is 1. The second-order valence-electron chi connectivity index (χ2n) is 5.74. The van der Waals surface area contributed by atoms with Gasteiger partial charge >= 0.3 is 0 Å². The van der Waals surface area contributed by atoms with Gasteiger partial charge in [0.2, 0.25) is 5.91 Å². The first kappa shape index (κ1) is 15.7. The lowest BCUT2D eigenvalue weighted by molar-refractivity contribution is -0.137. The van der Waals surface area contributed by atoms with Crippen LogP contribution in [0.25, 0.3) is 0 Å². The molecule has 1 atom stereocenters. The average Bonchev–Trinajstić information content (AvgIpc) is 3.28. The maximum Gasteiger partial charge on any atom is 0.247 e. The van der Waals surface area contributed by atoms with E-state index in [4.69, 9.17) is 0 Å². The predicted octanol–water partition coefficient (Wildman–Crippen LogP) is 0.270. The van der Waals surface area contributed by atoms with Crippen LogP contribution in [0.3, 0.4) is 0 Å². The minimum absolute atomic E-state index is 0.173. The quantitative estimate of drug-likeness (QED) is 0.765. The minimum atomic E-state index is -0.188. The number of nitrogens with zero attached hydrogens (tertiary/aromatic N) is 7. The largest absolute Gasteiger partial charge is 0.338 e. The van der Waals surface area contributed by atoms with Gasteiger partial charge in [-0.3, -0.25) is 19.1 Å². The molecule has 1 fully saturated rings. The van der Waals surface area contributed by atoms with Crippen LogP contribution in [0.1, 0.15) is 19.4 Å². The molecule has 1 aliphatic rings. The summed E-state index contributed by atoms with van der Waals surface area (Å²) in [5, 5.41) is 8.33. The van der Waals surface area contributed by atoms with Gasteiger partial charge in [0, 0.05) is 45.1 Å². The number of amides is 1. The van der Waals surface area contributed by atoms with Gasteiger partial charge in [-0.15, -0.1) is 0 Å². The Morgan fingerprint density at radius 3 is 2.61 bits per heavy atom. The lowest BCUT2D eigenvalue weighted by Gasteiger charge is -2.36. The fourth-order valence-corrected chi connectivity index (χ4v) is 2.93. The van der Waals surface area contributed by atoms with E-state index in [2.05, 4.69) is 20.1 Å². The first-order valence-electron chi connectivity index (χ1n) is 8.10. The number of piperazine rings is 1. The summed E-state index contributed by atoms with van der Waals surface area (Å²) in [6.07, 6.45) is 7.62. The molecule has 0 saturated carbocycles. The second-order valence-corrected chi connectivity index (χ2v) is 5.74. The van der Waals surface area contributed by atoms with E-state index in [9.17, 15) is 4.79 Å². The first-order chi connectivity index (χ1) is 11.3. The highest BCUT2D eigenvalue weighted by Crippen LogP contribution is 2.15. The van der Waals surface area contributed by atoms with Gasteiger partial charge in [-0.05, 0) is 12.5 Å². The van der Waals surface area contributed by atoms with Crippen molar-refractivity contribution >= 4 is 5.91 Å². The molecule has 23 heavy (non-hydrogen) atoms. The normalized spacial score (nSPS) is 17.3. The Morgan fingerprint density at radius 2 is 2.00 bits per heavy atom. The number of aromatic nitrogens is 5. The molecule has 0 unspecified atom stereocenters. The molecule has 3 rings (SSSR count). The molecule has 2 aromatic rings. The third-order valence-corrected chi connectivity index (χ3v) is 4.31. The molecule has 0 bridgehead atoms. The Hall–Kier alpha value is -2.22. The van der Waals surface area contributed by atoms with E-state index in [-0.39, 0.29) is 11.9 Å². The number of hydrogen-bond donors (Lipinski definition) is 0. The number of hydrogen-bond acceptors (Lipinski definition) is 5. The summed E-state index contributed by atoms with van der Waals surface area (Å²) in [6.45, 7) is 7.13. The molecule has 124 valence electrons. The van der Waals surface area contributed by atoms with E-state index in [0.29, 0.717) is 0 Å². The highest BCUT2D eigenvalue weighted by Gasteiger charge is 2.27. The van der Waals surface area contributed by atoms with Crippen LogP contribution in [0.2, 0.25) is 0 Å². The third-order valence-electron chi connectivity index (χ3n) is 4.31. The van der Waals surface area contributed by atoms with E-state index >= 15 is 0 Å². The SMILES string of the molecule is CC[C@H](C(=O)N1CCN(CCn2cncn2)CC1)n1cccn1. The summed E-state index contributed by atoms with van der Waals surface area (Å²) in [7, 11) is 0. The zero-order chi connectivity index (χ0) is 16.1. The van der Waals surface area contributed by atoms with E-state index in [1.807, 2.05) is 28.8 Å². The van der Waals surface area contributed by atoms with Crippen LogP contribution in [0.4, 0.5) is 0 Å². The molecule has 1 amide bonds. The van der Waals surface area contributed by atoms with Crippen LogP contribution in [-0.4, -0.2) is 73.0 Å². The lowest BCUT2D eigenvalue weighted by Crippen LogP contribution is -2.51. The van der Waals surface area contributed by atoms with Gasteiger partial charge in [0.05, 0.1) is 6.54 Å². The number of carbonyl (C=O) groups excluding carboxylic acids is 1. The maximum absolute atomic E-state index is 12.7. The second kappa shape index (κ2) is 7.36.